The Morgan fingerprint density at radius 1 is 1.06 bits per heavy atom. The molecule has 0 bridgehead atoms. The molecule has 1 aliphatic rings. The summed E-state index contributed by atoms with van der Waals surface area (Å²) in [7, 11) is 0. The number of rotatable bonds is 4. The predicted octanol–water partition coefficient (Wildman–Crippen LogP) is 4.16. The number of hydrogen-bond acceptors (Lipinski definition) is 1. The molecule has 1 heteroatoms. The van der Waals surface area contributed by atoms with Crippen molar-refractivity contribution in [1.82, 2.24) is 5.32 Å². The summed E-state index contributed by atoms with van der Waals surface area (Å²) in [6.45, 7) is 8.08. The van der Waals surface area contributed by atoms with Gasteiger partial charge in [0, 0.05) is 12.6 Å². The second-order valence-electron chi connectivity index (χ2n) is 5.91. The van der Waals surface area contributed by atoms with Crippen LogP contribution in [0.15, 0.2) is 24.3 Å². The first-order valence-electron chi connectivity index (χ1n) is 7.52. The van der Waals surface area contributed by atoms with Crippen molar-refractivity contribution in [2.24, 2.45) is 11.8 Å². The van der Waals surface area contributed by atoms with E-state index in [0.29, 0.717) is 6.04 Å². The van der Waals surface area contributed by atoms with Gasteiger partial charge in [-0.2, -0.15) is 0 Å². The molecule has 0 saturated heterocycles. The molecule has 0 aliphatic heterocycles. The van der Waals surface area contributed by atoms with Crippen molar-refractivity contribution in [2.45, 2.75) is 59.0 Å². The van der Waals surface area contributed by atoms with Crippen molar-refractivity contribution in [3.8, 4) is 0 Å². The third-order valence-electron chi connectivity index (χ3n) is 4.57. The molecule has 18 heavy (non-hydrogen) atoms. The minimum Gasteiger partial charge on any atom is -0.309 e. The highest BCUT2D eigenvalue weighted by Crippen LogP contribution is 2.29. The van der Waals surface area contributed by atoms with Crippen molar-refractivity contribution in [1.29, 1.82) is 0 Å². The van der Waals surface area contributed by atoms with Gasteiger partial charge in [0.15, 0.2) is 0 Å². The molecule has 100 valence electrons. The highest BCUT2D eigenvalue weighted by atomic mass is 14.9. The molecule has 1 aromatic rings. The van der Waals surface area contributed by atoms with E-state index in [9.17, 15) is 0 Å². The van der Waals surface area contributed by atoms with Crippen LogP contribution in [0.25, 0.3) is 0 Å². The fourth-order valence-corrected chi connectivity index (χ4v) is 3.39. The van der Waals surface area contributed by atoms with Gasteiger partial charge in [-0.1, -0.05) is 51.5 Å². The standard InChI is InChI=1S/C17H27N/c1-4-15-10-5-6-11-16(15)12-18-17-13(2)8-7-9-14(17)3/h5-6,10-11,13-14,17-18H,4,7-9,12H2,1-3H3. The van der Waals surface area contributed by atoms with Crippen LogP contribution >= 0.6 is 0 Å². The number of nitrogens with one attached hydrogen (secondary N) is 1. The Labute approximate surface area is 112 Å². The van der Waals surface area contributed by atoms with Gasteiger partial charge in [0.25, 0.3) is 0 Å². The van der Waals surface area contributed by atoms with Gasteiger partial charge in [-0.3, -0.25) is 0 Å². The van der Waals surface area contributed by atoms with Crippen molar-refractivity contribution >= 4 is 0 Å². The maximum absolute atomic E-state index is 3.81. The van der Waals surface area contributed by atoms with E-state index in [4.69, 9.17) is 0 Å². The predicted molar refractivity (Wildman–Crippen MR) is 78.6 cm³/mol. The lowest BCUT2D eigenvalue weighted by Crippen LogP contribution is -2.42. The first kappa shape index (κ1) is 13.6. The van der Waals surface area contributed by atoms with Crippen LogP contribution in [0.1, 0.15) is 51.2 Å². The van der Waals surface area contributed by atoms with Gasteiger partial charge >= 0.3 is 0 Å². The molecule has 0 spiro atoms. The van der Waals surface area contributed by atoms with E-state index in [2.05, 4.69) is 50.4 Å². The lowest BCUT2D eigenvalue weighted by atomic mass is 9.78. The highest BCUT2D eigenvalue weighted by molar-refractivity contribution is 5.26. The normalized spacial score (nSPS) is 28.3. The van der Waals surface area contributed by atoms with Crippen LogP contribution in [0.2, 0.25) is 0 Å². The van der Waals surface area contributed by atoms with E-state index >= 15 is 0 Å². The van der Waals surface area contributed by atoms with Gasteiger partial charge in [0.2, 0.25) is 0 Å². The number of hydrogen-bond donors (Lipinski definition) is 1. The summed E-state index contributed by atoms with van der Waals surface area (Å²) in [5.74, 6) is 1.64. The summed E-state index contributed by atoms with van der Waals surface area (Å²) in [4.78, 5) is 0. The van der Waals surface area contributed by atoms with Gasteiger partial charge in [-0.05, 0) is 42.2 Å². The monoisotopic (exact) mass is 245 g/mol. The summed E-state index contributed by atoms with van der Waals surface area (Å²) in [5.41, 5.74) is 2.96. The van der Waals surface area contributed by atoms with Gasteiger partial charge in [0.1, 0.15) is 0 Å². The molecule has 1 saturated carbocycles. The fraction of sp³-hybridized carbons (Fsp3) is 0.647. The molecule has 1 nitrogen and oxygen atoms in total. The molecule has 2 atom stereocenters. The van der Waals surface area contributed by atoms with Crippen molar-refractivity contribution in [2.75, 3.05) is 0 Å². The highest BCUT2D eigenvalue weighted by Gasteiger charge is 2.26. The maximum atomic E-state index is 3.81. The molecule has 1 fully saturated rings. The molecule has 2 rings (SSSR count). The molecule has 0 amide bonds. The first-order valence-corrected chi connectivity index (χ1v) is 7.52. The quantitative estimate of drug-likeness (QED) is 0.839. The van der Waals surface area contributed by atoms with Crippen LogP contribution in [0.3, 0.4) is 0 Å². The van der Waals surface area contributed by atoms with Gasteiger partial charge in [0.05, 0.1) is 0 Å². The van der Waals surface area contributed by atoms with Crippen molar-refractivity contribution in [3.63, 3.8) is 0 Å². The van der Waals surface area contributed by atoms with Crippen molar-refractivity contribution < 1.29 is 0 Å². The van der Waals surface area contributed by atoms with Crippen LogP contribution in [0.5, 0.6) is 0 Å². The Bertz CT molecular complexity index is 362. The zero-order chi connectivity index (χ0) is 13.0. The molecular formula is C17H27N. The summed E-state index contributed by atoms with van der Waals surface area (Å²) in [5, 5.41) is 3.81. The molecule has 0 radical (unpaired) electrons. The molecular weight excluding hydrogens is 218 g/mol. The van der Waals surface area contributed by atoms with Crippen LogP contribution in [0.4, 0.5) is 0 Å². The second kappa shape index (κ2) is 6.38. The van der Waals surface area contributed by atoms with Crippen LogP contribution in [-0.4, -0.2) is 6.04 Å². The van der Waals surface area contributed by atoms with Crippen LogP contribution < -0.4 is 5.32 Å². The van der Waals surface area contributed by atoms with E-state index < -0.39 is 0 Å². The van der Waals surface area contributed by atoms with Crippen molar-refractivity contribution in [3.05, 3.63) is 35.4 Å². The molecule has 0 aromatic heterocycles. The van der Waals surface area contributed by atoms with Gasteiger partial charge < -0.3 is 5.32 Å². The van der Waals surface area contributed by atoms with E-state index in [1.807, 2.05) is 0 Å². The minimum atomic E-state index is 0.698. The Morgan fingerprint density at radius 3 is 2.28 bits per heavy atom. The number of aryl methyl sites for hydroxylation is 1. The summed E-state index contributed by atoms with van der Waals surface area (Å²) in [6, 6.07) is 9.52. The second-order valence-corrected chi connectivity index (χ2v) is 5.91. The smallest absolute Gasteiger partial charge is 0.0211 e. The molecule has 1 N–H and O–H groups in total. The molecule has 1 aromatic carbocycles. The topological polar surface area (TPSA) is 12.0 Å². The van der Waals surface area contributed by atoms with Gasteiger partial charge in [-0.15, -0.1) is 0 Å². The summed E-state index contributed by atoms with van der Waals surface area (Å²) in [6.07, 6.45) is 5.31. The third-order valence-corrected chi connectivity index (χ3v) is 4.57. The Kier molecular flexibility index (Phi) is 4.82. The zero-order valence-corrected chi connectivity index (χ0v) is 12.1. The zero-order valence-electron chi connectivity index (χ0n) is 12.1. The van der Waals surface area contributed by atoms with Gasteiger partial charge in [-0.25, -0.2) is 0 Å². The SMILES string of the molecule is CCc1ccccc1CNC1C(C)CCCC1C. The Balaban J connectivity index is 1.97. The van der Waals surface area contributed by atoms with E-state index in [0.717, 1.165) is 24.8 Å². The summed E-state index contributed by atoms with van der Waals surface area (Å²) >= 11 is 0. The maximum Gasteiger partial charge on any atom is 0.0211 e. The van der Waals surface area contributed by atoms with Crippen LogP contribution in [0, 0.1) is 11.8 Å². The summed E-state index contributed by atoms with van der Waals surface area (Å²) < 4.78 is 0. The molecule has 0 heterocycles. The van der Waals surface area contributed by atoms with E-state index in [1.165, 1.54) is 30.4 Å². The lowest BCUT2D eigenvalue weighted by molar-refractivity contribution is 0.207. The fourth-order valence-electron chi connectivity index (χ4n) is 3.39. The Hall–Kier alpha value is -0.820. The molecule has 1 aliphatic carbocycles. The van der Waals surface area contributed by atoms with E-state index in [-0.39, 0.29) is 0 Å². The number of benzene rings is 1. The van der Waals surface area contributed by atoms with Crippen LogP contribution in [-0.2, 0) is 13.0 Å². The lowest BCUT2D eigenvalue weighted by Gasteiger charge is -2.35. The third kappa shape index (κ3) is 3.14. The largest absolute Gasteiger partial charge is 0.309 e. The Morgan fingerprint density at radius 2 is 1.67 bits per heavy atom. The van der Waals surface area contributed by atoms with E-state index in [1.54, 1.807) is 0 Å². The minimum absolute atomic E-state index is 0.698. The first-order chi connectivity index (χ1) is 8.72. The molecule has 2 unspecified atom stereocenters. The average molecular weight is 245 g/mol. The average Bonchev–Trinajstić information content (AvgIpc) is 2.38.